The van der Waals surface area contributed by atoms with Crippen LogP contribution in [0.25, 0.3) is 0 Å². The Morgan fingerprint density at radius 2 is 1.80 bits per heavy atom. The van der Waals surface area contributed by atoms with E-state index < -0.39 is 0 Å². The zero-order chi connectivity index (χ0) is 14.5. The average Bonchev–Trinajstić information content (AvgIpc) is 2.42. The molecule has 3 heteroatoms. The van der Waals surface area contributed by atoms with Gasteiger partial charge < -0.3 is 5.32 Å². The van der Waals surface area contributed by atoms with E-state index in [2.05, 4.69) is 78.4 Å². The summed E-state index contributed by atoms with van der Waals surface area (Å²) < 4.78 is 1.16. The lowest BCUT2D eigenvalue weighted by Gasteiger charge is -2.10. The fourth-order valence-corrected chi connectivity index (χ4v) is 3.59. The molecule has 2 aromatic carbocycles. The molecule has 0 saturated heterocycles. The molecule has 0 spiro atoms. The third-order valence-electron chi connectivity index (χ3n) is 3.13. The number of hydrogen-bond acceptors (Lipinski definition) is 2. The van der Waals surface area contributed by atoms with Gasteiger partial charge in [0.25, 0.3) is 0 Å². The van der Waals surface area contributed by atoms with E-state index in [1.165, 1.54) is 26.5 Å². The molecule has 1 N–H and O–H groups in total. The fraction of sp³-hybridized carbons (Fsp3) is 0.294. The number of nitrogens with one attached hydrogen (secondary N) is 1. The van der Waals surface area contributed by atoms with Gasteiger partial charge in [0.1, 0.15) is 0 Å². The van der Waals surface area contributed by atoms with Crippen molar-refractivity contribution in [2.24, 2.45) is 0 Å². The van der Waals surface area contributed by atoms with E-state index in [-0.39, 0.29) is 0 Å². The molecule has 0 unspecified atom stereocenters. The second kappa shape index (κ2) is 7.30. The molecule has 2 aromatic rings. The minimum Gasteiger partial charge on any atom is -0.313 e. The first-order chi connectivity index (χ1) is 9.60. The van der Waals surface area contributed by atoms with Crippen molar-refractivity contribution >= 4 is 27.7 Å². The molecule has 0 aliphatic heterocycles. The topological polar surface area (TPSA) is 12.0 Å². The Labute approximate surface area is 134 Å². The highest BCUT2D eigenvalue weighted by atomic mass is 79.9. The van der Waals surface area contributed by atoms with Crippen LogP contribution in [-0.4, -0.2) is 6.54 Å². The molecule has 0 radical (unpaired) electrons. The highest BCUT2D eigenvalue weighted by Crippen LogP contribution is 2.35. The van der Waals surface area contributed by atoms with Crippen molar-refractivity contribution in [1.29, 1.82) is 0 Å². The summed E-state index contributed by atoms with van der Waals surface area (Å²) in [5.41, 5.74) is 3.95. The van der Waals surface area contributed by atoms with Crippen LogP contribution in [0.1, 0.15) is 23.6 Å². The van der Waals surface area contributed by atoms with Crippen molar-refractivity contribution in [2.45, 2.75) is 37.1 Å². The van der Waals surface area contributed by atoms with E-state index >= 15 is 0 Å². The quantitative estimate of drug-likeness (QED) is 0.783. The van der Waals surface area contributed by atoms with Gasteiger partial charge in [-0.1, -0.05) is 42.4 Å². The zero-order valence-electron chi connectivity index (χ0n) is 12.2. The summed E-state index contributed by atoms with van der Waals surface area (Å²) in [4.78, 5) is 2.58. The summed E-state index contributed by atoms with van der Waals surface area (Å²) in [5, 5.41) is 3.35. The predicted molar refractivity (Wildman–Crippen MR) is 91.6 cm³/mol. The molecule has 1 nitrogen and oxygen atoms in total. The molecule has 0 aliphatic carbocycles. The van der Waals surface area contributed by atoms with Gasteiger partial charge in [0.2, 0.25) is 0 Å². The highest BCUT2D eigenvalue weighted by Gasteiger charge is 2.06. The van der Waals surface area contributed by atoms with Crippen LogP contribution in [0.5, 0.6) is 0 Å². The molecule has 20 heavy (non-hydrogen) atoms. The summed E-state index contributed by atoms with van der Waals surface area (Å²) in [6.45, 7) is 8.34. The lowest BCUT2D eigenvalue weighted by Crippen LogP contribution is -2.11. The van der Waals surface area contributed by atoms with Crippen LogP contribution in [0.3, 0.4) is 0 Å². The molecule has 106 valence electrons. The van der Waals surface area contributed by atoms with Gasteiger partial charge in [-0.15, -0.1) is 0 Å². The summed E-state index contributed by atoms with van der Waals surface area (Å²) in [6, 6.07) is 13.2. The van der Waals surface area contributed by atoms with Gasteiger partial charge in [-0.3, -0.25) is 0 Å². The van der Waals surface area contributed by atoms with E-state index in [1.54, 1.807) is 0 Å². The molecule has 0 atom stereocenters. The maximum Gasteiger partial charge on any atom is 0.0318 e. The SMILES string of the molecule is CCNCc1ccc(Sc2ccc(C)cc2C)c(Br)c1. The van der Waals surface area contributed by atoms with Gasteiger partial charge in [-0.05, 0) is 65.6 Å². The Hall–Kier alpha value is -0.770. The number of aryl methyl sites for hydroxylation is 2. The lowest BCUT2D eigenvalue weighted by molar-refractivity contribution is 0.726. The molecule has 0 amide bonds. The van der Waals surface area contributed by atoms with Gasteiger partial charge in [-0.2, -0.15) is 0 Å². The van der Waals surface area contributed by atoms with Crippen molar-refractivity contribution in [3.63, 3.8) is 0 Å². The van der Waals surface area contributed by atoms with E-state index in [9.17, 15) is 0 Å². The fourth-order valence-electron chi connectivity index (χ4n) is 2.04. The standard InChI is InChI=1S/C17H20BrNS/c1-4-19-11-14-6-8-17(15(18)10-14)20-16-7-5-12(2)9-13(16)3/h5-10,19H,4,11H2,1-3H3. The number of benzene rings is 2. The molecular formula is C17H20BrNS. The summed E-state index contributed by atoms with van der Waals surface area (Å²) >= 11 is 5.50. The Kier molecular flexibility index (Phi) is 5.70. The summed E-state index contributed by atoms with van der Waals surface area (Å²) in [5.74, 6) is 0. The van der Waals surface area contributed by atoms with Crippen LogP contribution < -0.4 is 5.32 Å². The van der Waals surface area contributed by atoms with Gasteiger partial charge in [0.15, 0.2) is 0 Å². The third kappa shape index (κ3) is 4.11. The third-order valence-corrected chi connectivity index (χ3v) is 5.30. The van der Waals surface area contributed by atoms with Crippen molar-refractivity contribution < 1.29 is 0 Å². The van der Waals surface area contributed by atoms with E-state index in [1.807, 2.05) is 11.8 Å². The van der Waals surface area contributed by atoms with Crippen LogP contribution in [0, 0.1) is 13.8 Å². The Balaban J connectivity index is 2.17. The second-order valence-electron chi connectivity index (χ2n) is 4.92. The zero-order valence-corrected chi connectivity index (χ0v) is 14.6. The number of hydrogen-bond donors (Lipinski definition) is 1. The van der Waals surface area contributed by atoms with Crippen molar-refractivity contribution in [3.8, 4) is 0 Å². The number of halogens is 1. The smallest absolute Gasteiger partial charge is 0.0318 e. The molecular weight excluding hydrogens is 330 g/mol. The highest BCUT2D eigenvalue weighted by molar-refractivity contribution is 9.10. The molecule has 0 fully saturated rings. The monoisotopic (exact) mass is 349 g/mol. The first-order valence-electron chi connectivity index (χ1n) is 6.84. The minimum atomic E-state index is 0.920. The van der Waals surface area contributed by atoms with E-state index in [0.29, 0.717) is 0 Å². The average molecular weight is 350 g/mol. The first-order valence-corrected chi connectivity index (χ1v) is 8.45. The van der Waals surface area contributed by atoms with Crippen molar-refractivity contribution in [1.82, 2.24) is 5.32 Å². The largest absolute Gasteiger partial charge is 0.313 e. The van der Waals surface area contributed by atoms with Gasteiger partial charge in [0, 0.05) is 20.8 Å². The normalized spacial score (nSPS) is 10.8. The van der Waals surface area contributed by atoms with Crippen molar-refractivity contribution in [3.05, 3.63) is 57.6 Å². The maximum atomic E-state index is 3.69. The Morgan fingerprint density at radius 1 is 1.05 bits per heavy atom. The molecule has 0 saturated carbocycles. The molecule has 2 rings (SSSR count). The second-order valence-corrected chi connectivity index (χ2v) is 6.85. The first kappa shape index (κ1) is 15.6. The maximum absolute atomic E-state index is 3.69. The lowest BCUT2D eigenvalue weighted by atomic mass is 10.2. The minimum absolute atomic E-state index is 0.920. The Morgan fingerprint density at radius 3 is 2.45 bits per heavy atom. The van der Waals surface area contributed by atoms with Gasteiger partial charge in [0.05, 0.1) is 0 Å². The van der Waals surface area contributed by atoms with Crippen LogP contribution in [0.15, 0.2) is 50.7 Å². The van der Waals surface area contributed by atoms with Crippen LogP contribution >= 0.6 is 27.7 Å². The molecule has 0 heterocycles. The summed E-state index contributed by atoms with van der Waals surface area (Å²) in [7, 11) is 0. The molecule has 0 aromatic heterocycles. The van der Waals surface area contributed by atoms with Gasteiger partial charge >= 0.3 is 0 Å². The molecule has 0 aliphatic rings. The predicted octanol–water partition coefficient (Wildman–Crippen LogP) is 5.33. The van der Waals surface area contributed by atoms with Gasteiger partial charge in [-0.25, -0.2) is 0 Å². The van der Waals surface area contributed by atoms with E-state index in [0.717, 1.165) is 17.6 Å². The summed E-state index contributed by atoms with van der Waals surface area (Å²) in [6.07, 6.45) is 0. The van der Waals surface area contributed by atoms with Crippen LogP contribution in [-0.2, 0) is 6.54 Å². The number of rotatable bonds is 5. The van der Waals surface area contributed by atoms with Crippen LogP contribution in [0.4, 0.5) is 0 Å². The van der Waals surface area contributed by atoms with E-state index in [4.69, 9.17) is 0 Å². The molecule has 0 bridgehead atoms. The van der Waals surface area contributed by atoms with Crippen molar-refractivity contribution in [2.75, 3.05) is 6.54 Å². The Bertz CT molecular complexity index is 596. The van der Waals surface area contributed by atoms with Crippen LogP contribution in [0.2, 0.25) is 0 Å².